The van der Waals surface area contributed by atoms with Gasteiger partial charge in [0.1, 0.15) is 11.5 Å². The van der Waals surface area contributed by atoms with Crippen molar-refractivity contribution < 1.29 is 23.2 Å². The Morgan fingerprint density at radius 1 is 1.12 bits per heavy atom. The first-order chi connectivity index (χ1) is 12.7. The number of methoxy groups -OCH3 is 1. The van der Waals surface area contributed by atoms with Crippen LogP contribution in [0.3, 0.4) is 0 Å². The second kappa shape index (κ2) is 6.76. The van der Waals surface area contributed by atoms with Crippen molar-refractivity contribution in [2.24, 2.45) is 0 Å². The van der Waals surface area contributed by atoms with Gasteiger partial charge in [0.15, 0.2) is 5.58 Å². The Kier molecular flexibility index (Phi) is 4.15. The van der Waals surface area contributed by atoms with Gasteiger partial charge in [-0.25, -0.2) is 4.79 Å². The molecule has 2 aromatic carbocycles. The summed E-state index contributed by atoms with van der Waals surface area (Å²) in [7, 11) is 1.64. The van der Waals surface area contributed by atoms with Gasteiger partial charge in [0.05, 0.1) is 19.1 Å². The minimum absolute atomic E-state index is 0.138. The van der Waals surface area contributed by atoms with Gasteiger partial charge in [-0.1, -0.05) is 23.4 Å². The number of carbonyl (C=O) groups is 1. The fraction of sp³-hybridized carbons (Fsp3) is 0.100. The van der Waals surface area contributed by atoms with Crippen LogP contribution >= 0.6 is 0 Å². The molecular formula is C20H15NO5. The van der Waals surface area contributed by atoms with Gasteiger partial charge in [0.2, 0.25) is 5.76 Å². The molecule has 0 aliphatic rings. The monoisotopic (exact) mass is 349 g/mol. The molecule has 0 fully saturated rings. The van der Waals surface area contributed by atoms with Gasteiger partial charge in [-0.3, -0.25) is 0 Å². The quantitative estimate of drug-likeness (QED) is 0.396. The summed E-state index contributed by atoms with van der Waals surface area (Å²) in [5.41, 5.74) is 2.34. The first-order valence-corrected chi connectivity index (χ1v) is 8.00. The molecule has 0 saturated carbocycles. The van der Waals surface area contributed by atoms with Crippen LogP contribution in [-0.4, -0.2) is 18.2 Å². The van der Waals surface area contributed by atoms with Crippen molar-refractivity contribution in [1.29, 1.82) is 0 Å². The molecule has 2 heterocycles. The third-order valence-electron chi connectivity index (χ3n) is 4.00. The van der Waals surface area contributed by atoms with Crippen LogP contribution in [0.1, 0.15) is 21.8 Å². The summed E-state index contributed by atoms with van der Waals surface area (Å²) in [6.45, 7) is 0. The number of hydrogen-bond donors (Lipinski definition) is 0. The highest BCUT2D eigenvalue weighted by Crippen LogP contribution is 2.28. The Labute approximate surface area is 148 Å². The lowest BCUT2D eigenvalue weighted by molar-refractivity contribution is 0.0701. The maximum absolute atomic E-state index is 12.0. The van der Waals surface area contributed by atoms with Crippen molar-refractivity contribution in [1.82, 2.24) is 5.16 Å². The SMILES string of the molecule is COc1ccccc1Cc1noc2cc(OC(=O)c3ccco3)ccc12. The Morgan fingerprint density at radius 3 is 2.81 bits per heavy atom. The molecule has 26 heavy (non-hydrogen) atoms. The number of carbonyl (C=O) groups excluding carboxylic acids is 1. The predicted octanol–water partition coefficient (Wildman–Crippen LogP) is 4.24. The van der Waals surface area contributed by atoms with E-state index < -0.39 is 5.97 Å². The average Bonchev–Trinajstić information content (AvgIpc) is 3.32. The van der Waals surface area contributed by atoms with Crippen LogP contribution in [0.25, 0.3) is 11.0 Å². The molecule has 0 saturated heterocycles. The van der Waals surface area contributed by atoms with E-state index in [1.54, 1.807) is 31.4 Å². The summed E-state index contributed by atoms with van der Waals surface area (Å²) < 4.78 is 21.1. The Balaban J connectivity index is 1.58. The molecule has 0 aliphatic carbocycles. The molecule has 0 aliphatic heterocycles. The Morgan fingerprint density at radius 2 is 2.00 bits per heavy atom. The predicted molar refractivity (Wildman–Crippen MR) is 93.5 cm³/mol. The number of fused-ring (bicyclic) bond motifs is 1. The van der Waals surface area contributed by atoms with Crippen molar-refractivity contribution in [2.75, 3.05) is 7.11 Å². The van der Waals surface area contributed by atoms with E-state index in [-0.39, 0.29) is 5.76 Å². The molecule has 0 unspecified atom stereocenters. The zero-order chi connectivity index (χ0) is 17.9. The Hall–Kier alpha value is -3.54. The van der Waals surface area contributed by atoms with Gasteiger partial charge in [-0.2, -0.15) is 0 Å². The highest BCUT2D eigenvalue weighted by atomic mass is 16.5. The minimum Gasteiger partial charge on any atom is -0.496 e. The number of rotatable bonds is 5. The van der Waals surface area contributed by atoms with Gasteiger partial charge in [-0.15, -0.1) is 0 Å². The zero-order valence-corrected chi connectivity index (χ0v) is 14.0. The van der Waals surface area contributed by atoms with Crippen molar-refractivity contribution in [2.45, 2.75) is 6.42 Å². The highest BCUT2D eigenvalue weighted by molar-refractivity contribution is 5.89. The molecule has 0 bridgehead atoms. The van der Waals surface area contributed by atoms with Gasteiger partial charge >= 0.3 is 5.97 Å². The summed E-state index contributed by atoms with van der Waals surface area (Å²) in [4.78, 5) is 12.0. The molecule has 6 nitrogen and oxygen atoms in total. The van der Waals surface area contributed by atoms with Crippen LogP contribution in [0.4, 0.5) is 0 Å². The fourth-order valence-corrected chi connectivity index (χ4v) is 2.74. The number of para-hydroxylation sites is 1. The summed E-state index contributed by atoms with van der Waals surface area (Å²) in [6.07, 6.45) is 1.99. The van der Waals surface area contributed by atoms with E-state index in [1.165, 1.54) is 6.26 Å². The van der Waals surface area contributed by atoms with Crippen molar-refractivity contribution in [3.63, 3.8) is 0 Å². The molecule has 2 aromatic heterocycles. The highest BCUT2D eigenvalue weighted by Gasteiger charge is 2.15. The molecule has 0 amide bonds. The van der Waals surface area contributed by atoms with Gasteiger partial charge in [-0.05, 0) is 30.3 Å². The minimum atomic E-state index is -0.567. The lowest BCUT2D eigenvalue weighted by Crippen LogP contribution is -2.06. The van der Waals surface area contributed by atoms with E-state index in [1.807, 2.05) is 30.3 Å². The molecule has 0 N–H and O–H groups in total. The van der Waals surface area contributed by atoms with Crippen molar-refractivity contribution >= 4 is 16.9 Å². The van der Waals surface area contributed by atoms with Crippen molar-refractivity contribution in [3.05, 3.63) is 77.9 Å². The molecule has 6 heteroatoms. The molecule has 4 rings (SSSR count). The van der Waals surface area contributed by atoms with Crippen LogP contribution in [0.2, 0.25) is 0 Å². The van der Waals surface area contributed by atoms with Crippen LogP contribution in [0.15, 0.2) is 69.8 Å². The average molecular weight is 349 g/mol. The Bertz CT molecular complexity index is 1050. The second-order valence-electron chi connectivity index (χ2n) is 5.64. The summed E-state index contributed by atoms with van der Waals surface area (Å²) >= 11 is 0. The zero-order valence-electron chi connectivity index (χ0n) is 14.0. The first kappa shape index (κ1) is 16.0. The van der Waals surface area contributed by atoms with Crippen LogP contribution < -0.4 is 9.47 Å². The van der Waals surface area contributed by atoms with Gasteiger partial charge in [0, 0.05) is 23.4 Å². The van der Waals surface area contributed by atoms with E-state index >= 15 is 0 Å². The largest absolute Gasteiger partial charge is 0.496 e. The molecule has 4 aromatic rings. The lowest BCUT2D eigenvalue weighted by atomic mass is 10.1. The fourth-order valence-electron chi connectivity index (χ4n) is 2.74. The van der Waals surface area contributed by atoms with Crippen LogP contribution in [-0.2, 0) is 6.42 Å². The maximum atomic E-state index is 12.0. The molecule has 130 valence electrons. The van der Waals surface area contributed by atoms with Crippen LogP contribution in [0, 0.1) is 0 Å². The lowest BCUT2D eigenvalue weighted by Gasteiger charge is -2.06. The number of benzene rings is 2. The van der Waals surface area contributed by atoms with E-state index in [9.17, 15) is 4.79 Å². The topological polar surface area (TPSA) is 74.7 Å². The second-order valence-corrected chi connectivity index (χ2v) is 5.64. The summed E-state index contributed by atoms with van der Waals surface area (Å²) in [5.74, 6) is 0.731. The normalized spacial score (nSPS) is 10.8. The molecule has 0 radical (unpaired) electrons. The number of hydrogen-bond acceptors (Lipinski definition) is 6. The molecule has 0 atom stereocenters. The maximum Gasteiger partial charge on any atom is 0.379 e. The molecular weight excluding hydrogens is 334 g/mol. The number of nitrogens with zero attached hydrogens (tertiary/aromatic N) is 1. The van der Waals surface area contributed by atoms with Gasteiger partial charge in [0.25, 0.3) is 0 Å². The number of ether oxygens (including phenoxy) is 2. The number of esters is 1. The van der Waals surface area contributed by atoms with E-state index in [4.69, 9.17) is 18.4 Å². The number of furan rings is 1. The third kappa shape index (κ3) is 3.04. The van der Waals surface area contributed by atoms with Gasteiger partial charge < -0.3 is 18.4 Å². The standard InChI is InChI=1S/C20H15NO5/c1-23-17-6-3-2-5-13(17)11-16-15-9-8-14(12-19(15)26-21-16)25-20(22)18-7-4-10-24-18/h2-10,12H,11H2,1H3. The van der Waals surface area contributed by atoms with Crippen LogP contribution in [0.5, 0.6) is 11.5 Å². The smallest absolute Gasteiger partial charge is 0.379 e. The van der Waals surface area contributed by atoms with E-state index in [0.717, 1.165) is 22.4 Å². The summed E-state index contributed by atoms with van der Waals surface area (Å²) in [6, 6.07) is 16.1. The van der Waals surface area contributed by atoms with E-state index in [0.29, 0.717) is 17.8 Å². The molecule has 0 spiro atoms. The summed E-state index contributed by atoms with van der Waals surface area (Å²) in [5, 5.41) is 5.00. The first-order valence-electron chi connectivity index (χ1n) is 8.00. The third-order valence-corrected chi connectivity index (χ3v) is 4.00. The van der Waals surface area contributed by atoms with E-state index in [2.05, 4.69) is 5.16 Å². The number of aromatic nitrogens is 1. The van der Waals surface area contributed by atoms with Crippen molar-refractivity contribution in [3.8, 4) is 11.5 Å².